The molecular weight excluding hydrogens is 372 g/mol. The van der Waals surface area contributed by atoms with Crippen molar-refractivity contribution in [2.45, 2.75) is 19.9 Å². The molecule has 1 unspecified atom stereocenters. The number of nitrogens with zero attached hydrogens (tertiary/aromatic N) is 1. The van der Waals surface area contributed by atoms with Crippen molar-refractivity contribution in [3.8, 4) is 0 Å². The third-order valence-corrected chi connectivity index (χ3v) is 5.54. The first-order chi connectivity index (χ1) is 13.4. The molecule has 0 saturated heterocycles. The molecule has 0 spiro atoms. The maximum absolute atomic E-state index is 12.5. The van der Waals surface area contributed by atoms with Crippen molar-refractivity contribution in [2.24, 2.45) is 0 Å². The van der Waals surface area contributed by atoms with Gasteiger partial charge < -0.3 is 14.6 Å². The fraction of sp³-hybridized carbons (Fsp3) is 0.273. The van der Waals surface area contributed by atoms with E-state index in [9.17, 15) is 9.59 Å². The van der Waals surface area contributed by atoms with Crippen molar-refractivity contribution >= 4 is 40.2 Å². The smallest absolute Gasteiger partial charge is 0.234 e. The molecule has 1 aromatic heterocycles. The van der Waals surface area contributed by atoms with Gasteiger partial charge in [0.15, 0.2) is 0 Å². The highest BCUT2D eigenvalue weighted by Crippen LogP contribution is 2.27. The van der Waals surface area contributed by atoms with E-state index < -0.39 is 0 Å². The van der Waals surface area contributed by atoms with Gasteiger partial charge in [-0.3, -0.25) is 9.59 Å². The lowest BCUT2D eigenvalue weighted by Crippen LogP contribution is -2.31. The Kier molecular flexibility index (Phi) is 6.41. The first-order valence-electron chi connectivity index (χ1n) is 9.12. The molecule has 1 atom stereocenters. The fourth-order valence-corrected chi connectivity index (χ4v) is 3.52. The molecule has 3 rings (SSSR count). The number of amides is 2. The zero-order valence-electron chi connectivity index (χ0n) is 16.3. The van der Waals surface area contributed by atoms with E-state index >= 15 is 0 Å². The number of thioether (sulfide) groups is 1. The molecular formula is C22H24N2O3S. The monoisotopic (exact) mass is 396 g/mol. The molecule has 0 radical (unpaired) electrons. The Bertz CT molecular complexity index is 932. The Hall–Kier alpha value is -2.73. The van der Waals surface area contributed by atoms with Crippen molar-refractivity contribution in [1.82, 2.24) is 4.90 Å². The number of nitrogens with one attached hydrogen (secondary N) is 1. The Labute approximate surface area is 169 Å². The summed E-state index contributed by atoms with van der Waals surface area (Å²) in [6.07, 6.45) is 0. The highest BCUT2D eigenvalue weighted by molar-refractivity contribution is 8.00. The Morgan fingerprint density at radius 2 is 1.82 bits per heavy atom. The fourth-order valence-electron chi connectivity index (χ4n) is 2.78. The van der Waals surface area contributed by atoms with Crippen LogP contribution in [0.2, 0.25) is 0 Å². The second-order valence-electron chi connectivity index (χ2n) is 6.77. The average molecular weight is 397 g/mol. The lowest BCUT2D eigenvalue weighted by molar-refractivity contribution is -0.129. The van der Waals surface area contributed by atoms with Crippen LogP contribution in [0, 0.1) is 6.92 Å². The van der Waals surface area contributed by atoms with Crippen LogP contribution < -0.4 is 5.32 Å². The van der Waals surface area contributed by atoms with Gasteiger partial charge in [-0.2, -0.15) is 0 Å². The highest BCUT2D eigenvalue weighted by atomic mass is 32.2. The number of aryl methyl sites for hydroxylation is 1. The number of carbonyl (C=O) groups is 2. The van der Waals surface area contributed by atoms with E-state index in [4.69, 9.17) is 4.42 Å². The van der Waals surface area contributed by atoms with E-state index in [1.54, 1.807) is 11.9 Å². The van der Waals surface area contributed by atoms with E-state index in [0.717, 1.165) is 28.0 Å². The van der Waals surface area contributed by atoms with E-state index in [1.165, 1.54) is 11.8 Å². The van der Waals surface area contributed by atoms with Gasteiger partial charge in [0.2, 0.25) is 11.8 Å². The van der Waals surface area contributed by atoms with Gasteiger partial charge in [0.1, 0.15) is 11.3 Å². The van der Waals surface area contributed by atoms with Gasteiger partial charge in [-0.05, 0) is 38.1 Å². The first-order valence-corrected chi connectivity index (χ1v) is 10.3. The number of hydrogen-bond acceptors (Lipinski definition) is 4. The second-order valence-corrected chi connectivity index (χ2v) is 7.76. The summed E-state index contributed by atoms with van der Waals surface area (Å²) in [5, 5.41) is 3.86. The number of hydrogen-bond donors (Lipinski definition) is 1. The molecule has 0 fully saturated rings. The van der Waals surface area contributed by atoms with Gasteiger partial charge in [0, 0.05) is 18.1 Å². The number of rotatable bonds is 7. The summed E-state index contributed by atoms with van der Waals surface area (Å²) >= 11 is 1.30. The van der Waals surface area contributed by atoms with E-state index in [0.29, 0.717) is 0 Å². The lowest BCUT2D eigenvalue weighted by atomic mass is 10.2. The number of carbonyl (C=O) groups excluding carboxylic acids is 2. The van der Waals surface area contributed by atoms with Gasteiger partial charge in [0.05, 0.1) is 17.5 Å². The molecule has 2 amide bonds. The Morgan fingerprint density at radius 1 is 1.11 bits per heavy atom. The van der Waals surface area contributed by atoms with Gasteiger partial charge in [-0.1, -0.05) is 35.9 Å². The number of anilines is 1. The molecule has 3 aromatic rings. The maximum Gasteiger partial charge on any atom is 0.234 e. The topological polar surface area (TPSA) is 62.6 Å². The molecule has 5 nitrogen and oxygen atoms in total. The second kappa shape index (κ2) is 8.97. The summed E-state index contributed by atoms with van der Waals surface area (Å²) in [7, 11) is 1.76. The standard InChI is InChI=1S/C22H24N2O3S/c1-15-8-10-18(11-9-15)23-21(25)13-28-14-22(26)24(3)16(2)20-12-17-6-4-5-7-19(17)27-20/h4-12,16H,13-14H2,1-3H3,(H,23,25). The van der Waals surface area contributed by atoms with Crippen LogP contribution >= 0.6 is 11.8 Å². The van der Waals surface area contributed by atoms with Gasteiger partial charge >= 0.3 is 0 Å². The minimum absolute atomic E-state index is 0.0407. The van der Waals surface area contributed by atoms with Crippen LogP contribution in [0.4, 0.5) is 5.69 Å². The molecule has 1 heterocycles. The van der Waals surface area contributed by atoms with Crippen LogP contribution in [0.3, 0.4) is 0 Å². The van der Waals surface area contributed by atoms with E-state index in [1.807, 2.05) is 68.4 Å². The van der Waals surface area contributed by atoms with Crippen LogP contribution in [-0.4, -0.2) is 35.3 Å². The highest BCUT2D eigenvalue weighted by Gasteiger charge is 2.21. The van der Waals surface area contributed by atoms with E-state index in [-0.39, 0.29) is 29.4 Å². The Morgan fingerprint density at radius 3 is 2.54 bits per heavy atom. The summed E-state index contributed by atoms with van der Waals surface area (Å²) < 4.78 is 5.85. The number of furan rings is 1. The maximum atomic E-state index is 12.5. The van der Waals surface area contributed by atoms with Crippen molar-refractivity contribution in [1.29, 1.82) is 0 Å². The third-order valence-electron chi connectivity index (χ3n) is 4.62. The largest absolute Gasteiger partial charge is 0.459 e. The van der Waals surface area contributed by atoms with Gasteiger partial charge in [0.25, 0.3) is 0 Å². The molecule has 0 bridgehead atoms. The van der Waals surface area contributed by atoms with Crippen LogP contribution in [0.25, 0.3) is 11.0 Å². The molecule has 1 N–H and O–H groups in total. The molecule has 2 aromatic carbocycles. The molecule has 0 aliphatic rings. The number of benzene rings is 2. The SMILES string of the molecule is Cc1ccc(NC(=O)CSCC(=O)N(C)C(C)c2cc3ccccc3o2)cc1. The van der Waals surface area contributed by atoms with Crippen molar-refractivity contribution < 1.29 is 14.0 Å². The number of para-hydroxylation sites is 1. The average Bonchev–Trinajstić information content (AvgIpc) is 3.12. The van der Waals surface area contributed by atoms with Gasteiger partial charge in [-0.15, -0.1) is 11.8 Å². The predicted molar refractivity (Wildman–Crippen MR) is 115 cm³/mol. The summed E-state index contributed by atoms with van der Waals surface area (Å²) in [5.74, 6) is 1.06. The number of fused-ring (bicyclic) bond motifs is 1. The third kappa shape index (κ3) is 4.95. The van der Waals surface area contributed by atoms with Crippen molar-refractivity contribution in [2.75, 3.05) is 23.9 Å². The molecule has 0 aliphatic heterocycles. The summed E-state index contributed by atoms with van der Waals surface area (Å²) in [6.45, 7) is 3.93. The minimum atomic E-state index is -0.179. The predicted octanol–water partition coefficient (Wildman–Crippen LogP) is 4.63. The van der Waals surface area contributed by atoms with Gasteiger partial charge in [-0.25, -0.2) is 0 Å². The normalized spacial score (nSPS) is 12.0. The molecule has 0 aliphatic carbocycles. The van der Waals surface area contributed by atoms with Crippen LogP contribution in [0.15, 0.2) is 59.0 Å². The summed E-state index contributed by atoms with van der Waals surface area (Å²) in [5.41, 5.74) is 2.71. The molecule has 146 valence electrons. The quantitative estimate of drug-likeness (QED) is 0.632. The van der Waals surface area contributed by atoms with Crippen LogP contribution in [-0.2, 0) is 9.59 Å². The van der Waals surface area contributed by atoms with Crippen molar-refractivity contribution in [3.63, 3.8) is 0 Å². The Balaban J connectivity index is 1.48. The first kappa shape index (κ1) is 20.0. The van der Waals surface area contributed by atoms with Crippen molar-refractivity contribution in [3.05, 3.63) is 65.9 Å². The summed E-state index contributed by atoms with van der Waals surface area (Å²) in [6, 6.07) is 17.2. The minimum Gasteiger partial charge on any atom is -0.459 e. The van der Waals surface area contributed by atoms with Crippen LogP contribution in [0.5, 0.6) is 0 Å². The summed E-state index contributed by atoms with van der Waals surface area (Å²) in [4.78, 5) is 26.2. The zero-order chi connectivity index (χ0) is 20.1. The zero-order valence-corrected chi connectivity index (χ0v) is 17.1. The van der Waals surface area contributed by atoms with E-state index in [2.05, 4.69) is 5.32 Å². The lowest BCUT2D eigenvalue weighted by Gasteiger charge is -2.23. The molecule has 6 heteroatoms. The molecule has 28 heavy (non-hydrogen) atoms. The molecule has 0 saturated carbocycles. The van der Waals surface area contributed by atoms with Crippen LogP contribution in [0.1, 0.15) is 24.3 Å².